The Balaban J connectivity index is 1.65. The maximum Gasteiger partial charge on any atom is 0.327 e. The Morgan fingerprint density at radius 2 is 1.66 bits per heavy atom. The molecule has 2 heterocycles. The molecule has 8 nitrogen and oxygen atoms in total. The predicted octanol–water partition coefficient (Wildman–Crippen LogP) is 5.46. The first-order valence-corrected chi connectivity index (χ1v) is 11.1. The number of hydrogen-bond donors (Lipinski definition) is 1. The number of aromatic nitrogens is 2. The number of methoxy groups -OCH3 is 2. The highest BCUT2D eigenvalue weighted by Crippen LogP contribution is 2.40. The average Bonchev–Trinajstić information content (AvgIpc) is 3.39. The van der Waals surface area contributed by atoms with E-state index in [4.69, 9.17) is 14.0 Å². The van der Waals surface area contributed by atoms with Gasteiger partial charge >= 0.3 is 6.03 Å². The zero-order chi connectivity index (χ0) is 24.4. The van der Waals surface area contributed by atoms with E-state index in [9.17, 15) is 4.79 Å². The van der Waals surface area contributed by atoms with Crippen LogP contribution in [-0.4, -0.2) is 30.4 Å². The van der Waals surface area contributed by atoms with Crippen molar-refractivity contribution < 1.29 is 18.8 Å². The molecule has 1 atom stereocenters. The van der Waals surface area contributed by atoms with E-state index in [-0.39, 0.29) is 6.03 Å². The van der Waals surface area contributed by atoms with Crippen LogP contribution in [-0.2, 0) is 0 Å². The van der Waals surface area contributed by atoms with Crippen molar-refractivity contribution in [3.63, 3.8) is 0 Å². The van der Waals surface area contributed by atoms with Gasteiger partial charge in [-0.3, -0.25) is 4.90 Å². The molecule has 0 radical (unpaired) electrons. The van der Waals surface area contributed by atoms with Gasteiger partial charge in [-0.05, 0) is 36.8 Å². The summed E-state index contributed by atoms with van der Waals surface area (Å²) in [5.74, 6) is 2.17. The molecule has 0 saturated heterocycles. The van der Waals surface area contributed by atoms with Crippen LogP contribution in [0.4, 0.5) is 10.5 Å². The van der Waals surface area contributed by atoms with Gasteiger partial charge in [-0.2, -0.15) is 4.98 Å². The lowest BCUT2D eigenvalue weighted by Gasteiger charge is -2.35. The van der Waals surface area contributed by atoms with E-state index in [1.54, 1.807) is 25.2 Å². The average molecular weight is 469 g/mol. The summed E-state index contributed by atoms with van der Waals surface area (Å²) in [6, 6.07) is 23.7. The second-order valence-electron chi connectivity index (χ2n) is 7.98. The summed E-state index contributed by atoms with van der Waals surface area (Å²) in [5.41, 5.74) is 3.73. The molecular formula is C27H24N4O4. The third kappa shape index (κ3) is 4.21. The van der Waals surface area contributed by atoms with Gasteiger partial charge in [0.05, 0.1) is 31.5 Å². The van der Waals surface area contributed by atoms with Crippen LogP contribution in [0.3, 0.4) is 0 Å². The third-order valence-electron chi connectivity index (χ3n) is 5.93. The van der Waals surface area contributed by atoms with Crippen LogP contribution in [0.1, 0.15) is 24.4 Å². The summed E-state index contributed by atoms with van der Waals surface area (Å²) in [6.45, 7) is 1.87. The van der Waals surface area contributed by atoms with Crippen LogP contribution in [0, 0.1) is 0 Å². The number of hydrogen-bond acceptors (Lipinski definition) is 6. The van der Waals surface area contributed by atoms with Gasteiger partial charge < -0.3 is 19.3 Å². The molecule has 0 spiro atoms. The first-order chi connectivity index (χ1) is 17.1. The first-order valence-electron chi connectivity index (χ1n) is 11.1. The molecule has 176 valence electrons. The summed E-state index contributed by atoms with van der Waals surface area (Å²) >= 11 is 0. The quantitative estimate of drug-likeness (QED) is 0.404. The number of amides is 2. The van der Waals surface area contributed by atoms with Crippen molar-refractivity contribution >= 4 is 17.3 Å². The molecule has 0 bridgehead atoms. The summed E-state index contributed by atoms with van der Waals surface area (Å²) in [5, 5.41) is 7.31. The molecule has 0 fully saturated rings. The standard InChI is InChI=1S/C27H24N4O4/c1-17-23(26-29-25(30-35-26)19-8-5-4-6-9-19)24(18-12-14-21(33-2)15-13-18)28-27(32)31(17)20-10-7-11-22(16-20)34-3/h4-16,24H,1-3H3,(H,28,32). The van der Waals surface area contributed by atoms with Gasteiger partial charge in [-0.1, -0.05) is 53.7 Å². The molecule has 1 aliphatic rings. The number of urea groups is 1. The van der Waals surface area contributed by atoms with Crippen LogP contribution in [0.5, 0.6) is 11.5 Å². The lowest BCUT2D eigenvalue weighted by atomic mass is 9.94. The molecule has 1 aromatic heterocycles. The van der Waals surface area contributed by atoms with Gasteiger partial charge in [0, 0.05) is 17.3 Å². The van der Waals surface area contributed by atoms with Crippen molar-refractivity contribution in [2.45, 2.75) is 13.0 Å². The van der Waals surface area contributed by atoms with E-state index >= 15 is 0 Å². The highest BCUT2D eigenvalue weighted by molar-refractivity contribution is 6.01. The zero-order valence-corrected chi connectivity index (χ0v) is 19.6. The monoisotopic (exact) mass is 468 g/mol. The number of nitrogens with one attached hydrogen (secondary N) is 1. The van der Waals surface area contributed by atoms with E-state index < -0.39 is 6.04 Å². The van der Waals surface area contributed by atoms with Crippen LogP contribution in [0.25, 0.3) is 17.0 Å². The van der Waals surface area contributed by atoms with Crippen LogP contribution in [0.15, 0.2) is 89.1 Å². The van der Waals surface area contributed by atoms with E-state index in [0.29, 0.717) is 34.4 Å². The van der Waals surface area contributed by atoms with Crippen LogP contribution in [0.2, 0.25) is 0 Å². The maximum absolute atomic E-state index is 13.4. The van der Waals surface area contributed by atoms with Crippen molar-refractivity contribution in [2.24, 2.45) is 0 Å². The Kier molecular flexibility index (Phi) is 5.93. The van der Waals surface area contributed by atoms with Gasteiger partial charge in [0.15, 0.2) is 0 Å². The number of ether oxygens (including phenoxy) is 2. The summed E-state index contributed by atoms with van der Waals surface area (Å²) in [6.07, 6.45) is 0. The van der Waals surface area contributed by atoms with E-state index in [2.05, 4.69) is 15.5 Å². The van der Waals surface area contributed by atoms with Crippen molar-refractivity contribution in [3.05, 3.63) is 96.0 Å². The van der Waals surface area contributed by atoms with E-state index in [1.807, 2.05) is 79.7 Å². The number of benzene rings is 3. The van der Waals surface area contributed by atoms with Crippen LogP contribution >= 0.6 is 0 Å². The minimum Gasteiger partial charge on any atom is -0.497 e. The normalized spacial score (nSPS) is 15.7. The minimum absolute atomic E-state index is 0.275. The zero-order valence-electron chi connectivity index (χ0n) is 19.6. The highest BCUT2D eigenvalue weighted by Gasteiger charge is 2.36. The fourth-order valence-corrected chi connectivity index (χ4v) is 4.16. The van der Waals surface area contributed by atoms with Crippen LogP contribution < -0.4 is 19.7 Å². The first kappa shape index (κ1) is 22.2. The Bertz CT molecular complexity index is 1380. The third-order valence-corrected chi connectivity index (χ3v) is 5.93. The molecule has 0 saturated carbocycles. The van der Waals surface area contributed by atoms with Crippen molar-refractivity contribution in [2.75, 3.05) is 19.1 Å². The van der Waals surface area contributed by atoms with E-state index in [0.717, 1.165) is 16.9 Å². The number of nitrogens with zero attached hydrogens (tertiary/aromatic N) is 3. The Labute approximate surface area is 202 Å². The summed E-state index contributed by atoms with van der Waals surface area (Å²) in [7, 11) is 3.20. The molecule has 2 amide bonds. The number of carbonyl (C=O) groups excluding carboxylic acids is 1. The van der Waals surface area contributed by atoms with Crippen molar-refractivity contribution in [1.29, 1.82) is 0 Å². The molecule has 5 rings (SSSR count). The summed E-state index contributed by atoms with van der Waals surface area (Å²) in [4.78, 5) is 19.6. The maximum atomic E-state index is 13.4. The molecule has 1 N–H and O–H groups in total. The number of carbonyl (C=O) groups is 1. The minimum atomic E-state index is -0.501. The van der Waals surface area contributed by atoms with Crippen molar-refractivity contribution in [3.8, 4) is 22.9 Å². The molecule has 4 aromatic rings. The lowest BCUT2D eigenvalue weighted by Crippen LogP contribution is -2.46. The predicted molar refractivity (Wildman–Crippen MR) is 132 cm³/mol. The molecular weight excluding hydrogens is 444 g/mol. The van der Waals surface area contributed by atoms with E-state index in [1.165, 1.54) is 0 Å². The smallest absolute Gasteiger partial charge is 0.327 e. The highest BCUT2D eigenvalue weighted by atomic mass is 16.5. The summed E-state index contributed by atoms with van der Waals surface area (Å²) < 4.78 is 16.4. The molecule has 1 unspecified atom stereocenters. The molecule has 35 heavy (non-hydrogen) atoms. The Morgan fingerprint density at radius 3 is 2.37 bits per heavy atom. The largest absolute Gasteiger partial charge is 0.497 e. The molecule has 3 aromatic carbocycles. The molecule has 1 aliphatic heterocycles. The Hall–Kier alpha value is -4.59. The number of allylic oxidation sites excluding steroid dienone is 1. The molecule has 0 aliphatic carbocycles. The second kappa shape index (κ2) is 9.34. The fraction of sp³-hybridized carbons (Fsp3) is 0.148. The van der Waals surface area contributed by atoms with Crippen molar-refractivity contribution in [1.82, 2.24) is 15.5 Å². The lowest BCUT2D eigenvalue weighted by molar-refractivity contribution is 0.244. The van der Waals surface area contributed by atoms with Gasteiger partial charge in [0.1, 0.15) is 11.5 Å². The van der Waals surface area contributed by atoms with Gasteiger partial charge in [0.2, 0.25) is 5.82 Å². The van der Waals surface area contributed by atoms with Gasteiger partial charge in [-0.15, -0.1) is 0 Å². The van der Waals surface area contributed by atoms with Gasteiger partial charge in [-0.25, -0.2) is 4.79 Å². The second-order valence-corrected chi connectivity index (χ2v) is 7.98. The number of anilines is 1. The van der Waals surface area contributed by atoms with Gasteiger partial charge in [0.25, 0.3) is 5.89 Å². The topological polar surface area (TPSA) is 89.7 Å². The fourth-order valence-electron chi connectivity index (χ4n) is 4.16. The number of rotatable bonds is 6. The Morgan fingerprint density at radius 1 is 0.914 bits per heavy atom. The SMILES string of the molecule is COc1ccc(C2NC(=O)N(c3cccc(OC)c3)C(C)=C2c2nc(-c3ccccc3)no2)cc1. The molecule has 8 heteroatoms.